The van der Waals surface area contributed by atoms with E-state index in [2.05, 4.69) is 19.6 Å². The van der Waals surface area contributed by atoms with E-state index in [4.69, 9.17) is 5.73 Å². The van der Waals surface area contributed by atoms with Crippen LogP contribution in [0.3, 0.4) is 0 Å². The van der Waals surface area contributed by atoms with Crippen LogP contribution in [0.25, 0.3) is 0 Å². The molecule has 0 aromatic heterocycles. The molecule has 1 heteroatoms. The molecule has 1 aliphatic rings. The van der Waals surface area contributed by atoms with Gasteiger partial charge < -0.3 is 5.73 Å². The van der Waals surface area contributed by atoms with Crippen molar-refractivity contribution in [2.75, 3.05) is 0 Å². The van der Waals surface area contributed by atoms with E-state index >= 15 is 0 Å². The molecule has 0 fully saturated rings. The highest BCUT2D eigenvalue weighted by molar-refractivity contribution is 5.45. The maximum Gasteiger partial charge on any atom is 0.00489 e. The predicted molar refractivity (Wildman–Crippen MR) is 67.4 cm³/mol. The van der Waals surface area contributed by atoms with Crippen LogP contribution in [0.1, 0.15) is 39.5 Å². The molecule has 0 saturated heterocycles. The summed E-state index contributed by atoms with van der Waals surface area (Å²) in [6.45, 7) is 8.14. The lowest BCUT2D eigenvalue weighted by Crippen LogP contribution is -1.96. The third-order valence-corrected chi connectivity index (χ3v) is 2.75. The van der Waals surface area contributed by atoms with Gasteiger partial charge in [-0.15, -0.1) is 0 Å². The fourth-order valence-electron chi connectivity index (χ4n) is 1.72. The Labute approximate surface area is 93.1 Å². The monoisotopic (exact) mass is 203 g/mol. The summed E-state index contributed by atoms with van der Waals surface area (Å²) >= 11 is 0. The molecule has 0 heterocycles. The van der Waals surface area contributed by atoms with Gasteiger partial charge in [-0.25, -0.2) is 0 Å². The molecule has 1 aliphatic carbocycles. The van der Waals surface area contributed by atoms with Gasteiger partial charge in [-0.3, -0.25) is 0 Å². The van der Waals surface area contributed by atoms with Crippen LogP contribution in [0.15, 0.2) is 47.2 Å². The Hall–Kier alpha value is -1.24. The Kier molecular flexibility index (Phi) is 4.41. The average molecular weight is 203 g/mol. The Morgan fingerprint density at radius 1 is 1.33 bits per heavy atom. The zero-order chi connectivity index (χ0) is 11.3. The predicted octanol–water partition coefficient (Wildman–Crippen LogP) is 3.85. The van der Waals surface area contributed by atoms with E-state index < -0.39 is 0 Å². The molecule has 0 aromatic carbocycles. The largest absolute Gasteiger partial charge is 0.402 e. The smallest absolute Gasteiger partial charge is 0.00489 e. The maximum atomic E-state index is 5.59. The molecule has 0 bridgehead atoms. The van der Waals surface area contributed by atoms with Crippen LogP contribution in [-0.2, 0) is 0 Å². The van der Waals surface area contributed by atoms with Crippen molar-refractivity contribution in [1.29, 1.82) is 0 Å². The number of nitrogens with two attached hydrogens (primary N) is 1. The molecule has 0 aliphatic heterocycles. The van der Waals surface area contributed by atoms with Crippen LogP contribution in [0.4, 0.5) is 0 Å². The van der Waals surface area contributed by atoms with Gasteiger partial charge in [0.1, 0.15) is 0 Å². The first-order valence-electron chi connectivity index (χ1n) is 5.60. The third kappa shape index (κ3) is 3.78. The van der Waals surface area contributed by atoms with Crippen molar-refractivity contribution in [2.24, 2.45) is 5.73 Å². The first kappa shape index (κ1) is 11.8. The standard InChI is InChI=1S/C14H21N/c1-11(9-10-12(2)15)13(3)14-7-5-4-6-8-14/h7,9-10H,3-6,8,15H2,1-2H3/b11-9-,12-10-. The molecule has 1 rings (SSSR count). The number of rotatable bonds is 3. The average Bonchev–Trinajstić information content (AvgIpc) is 2.26. The minimum atomic E-state index is 0.833. The van der Waals surface area contributed by atoms with E-state index in [-0.39, 0.29) is 0 Å². The zero-order valence-electron chi connectivity index (χ0n) is 9.84. The van der Waals surface area contributed by atoms with Crippen LogP contribution in [-0.4, -0.2) is 0 Å². The summed E-state index contributed by atoms with van der Waals surface area (Å²) in [6, 6.07) is 0. The molecule has 0 radical (unpaired) electrons. The van der Waals surface area contributed by atoms with Gasteiger partial charge >= 0.3 is 0 Å². The van der Waals surface area contributed by atoms with Crippen LogP contribution in [0.2, 0.25) is 0 Å². The van der Waals surface area contributed by atoms with Crippen LogP contribution in [0, 0.1) is 0 Å². The van der Waals surface area contributed by atoms with Gasteiger partial charge in [0.2, 0.25) is 0 Å². The van der Waals surface area contributed by atoms with Gasteiger partial charge in [-0.05, 0) is 62.3 Å². The SMILES string of the molecule is C=C(C1=CCCCC1)/C(C)=C\C=C(\C)N. The summed E-state index contributed by atoms with van der Waals surface area (Å²) < 4.78 is 0. The van der Waals surface area contributed by atoms with E-state index in [1.54, 1.807) is 0 Å². The molecule has 2 N–H and O–H groups in total. The van der Waals surface area contributed by atoms with Gasteiger partial charge in [0.15, 0.2) is 0 Å². The fourth-order valence-corrected chi connectivity index (χ4v) is 1.72. The molecule has 82 valence electrons. The lowest BCUT2D eigenvalue weighted by atomic mass is 9.91. The van der Waals surface area contributed by atoms with Gasteiger partial charge in [-0.2, -0.15) is 0 Å². The van der Waals surface area contributed by atoms with Crippen molar-refractivity contribution in [3.05, 3.63) is 47.2 Å². The zero-order valence-corrected chi connectivity index (χ0v) is 9.84. The topological polar surface area (TPSA) is 26.0 Å². The normalized spacial score (nSPS) is 18.7. The highest BCUT2D eigenvalue weighted by atomic mass is 14.5. The lowest BCUT2D eigenvalue weighted by molar-refractivity contribution is 0.707. The van der Waals surface area contributed by atoms with Crippen molar-refractivity contribution in [3.8, 4) is 0 Å². The summed E-state index contributed by atoms with van der Waals surface area (Å²) in [5.74, 6) is 0. The molecule has 1 nitrogen and oxygen atoms in total. The summed E-state index contributed by atoms with van der Waals surface area (Å²) in [7, 11) is 0. The van der Waals surface area contributed by atoms with Crippen LogP contribution < -0.4 is 5.73 Å². The molecular weight excluding hydrogens is 182 g/mol. The Balaban J connectivity index is 2.71. The van der Waals surface area contributed by atoms with Gasteiger partial charge in [-0.1, -0.05) is 18.7 Å². The molecule has 15 heavy (non-hydrogen) atoms. The Morgan fingerprint density at radius 3 is 2.60 bits per heavy atom. The van der Waals surface area contributed by atoms with Crippen molar-refractivity contribution < 1.29 is 0 Å². The summed E-state index contributed by atoms with van der Waals surface area (Å²) in [6.07, 6.45) is 11.3. The quantitative estimate of drug-likeness (QED) is 0.693. The second-order valence-electron chi connectivity index (χ2n) is 4.21. The fraction of sp³-hybridized carbons (Fsp3) is 0.429. The van der Waals surface area contributed by atoms with E-state index in [9.17, 15) is 0 Å². The van der Waals surface area contributed by atoms with Gasteiger partial charge in [0.25, 0.3) is 0 Å². The summed E-state index contributed by atoms with van der Waals surface area (Å²) in [4.78, 5) is 0. The second kappa shape index (κ2) is 5.59. The first-order valence-corrected chi connectivity index (χ1v) is 5.60. The highest BCUT2D eigenvalue weighted by Gasteiger charge is 2.07. The van der Waals surface area contributed by atoms with Crippen LogP contribution >= 0.6 is 0 Å². The highest BCUT2D eigenvalue weighted by Crippen LogP contribution is 2.26. The molecule has 0 saturated carbocycles. The van der Waals surface area contributed by atoms with Gasteiger partial charge in [0.05, 0.1) is 0 Å². The number of allylic oxidation sites excluding steroid dienone is 7. The Bertz CT molecular complexity index is 325. The minimum absolute atomic E-state index is 0.833. The summed E-state index contributed by atoms with van der Waals surface area (Å²) in [5.41, 5.74) is 10.2. The molecule has 0 spiro atoms. The van der Waals surface area contributed by atoms with Crippen molar-refractivity contribution in [2.45, 2.75) is 39.5 Å². The molecule has 0 atom stereocenters. The van der Waals surface area contributed by atoms with E-state index in [1.807, 2.05) is 19.1 Å². The first-order chi connectivity index (χ1) is 7.11. The van der Waals surface area contributed by atoms with Crippen molar-refractivity contribution >= 4 is 0 Å². The van der Waals surface area contributed by atoms with Crippen molar-refractivity contribution in [1.82, 2.24) is 0 Å². The Morgan fingerprint density at radius 2 is 2.07 bits per heavy atom. The minimum Gasteiger partial charge on any atom is -0.402 e. The van der Waals surface area contributed by atoms with E-state index in [1.165, 1.54) is 42.4 Å². The molecule has 0 unspecified atom stereocenters. The molecular formula is C14H21N. The third-order valence-electron chi connectivity index (χ3n) is 2.75. The second-order valence-corrected chi connectivity index (χ2v) is 4.21. The van der Waals surface area contributed by atoms with E-state index in [0.29, 0.717) is 0 Å². The van der Waals surface area contributed by atoms with Gasteiger partial charge in [0, 0.05) is 5.70 Å². The lowest BCUT2D eigenvalue weighted by Gasteiger charge is -2.15. The maximum absolute atomic E-state index is 5.59. The molecule has 0 aromatic rings. The van der Waals surface area contributed by atoms with Crippen molar-refractivity contribution in [3.63, 3.8) is 0 Å². The molecule has 0 amide bonds. The van der Waals surface area contributed by atoms with E-state index in [0.717, 1.165) is 5.70 Å². The number of hydrogen-bond donors (Lipinski definition) is 1. The summed E-state index contributed by atoms with van der Waals surface area (Å²) in [5, 5.41) is 0. The van der Waals surface area contributed by atoms with Crippen LogP contribution in [0.5, 0.6) is 0 Å². The number of hydrogen-bond acceptors (Lipinski definition) is 1.